The van der Waals surface area contributed by atoms with Crippen LogP contribution in [-0.2, 0) is 28.6 Å². The van der Waals surface area contributed by atoms with Gasteiger partial charge in [0.1, 0.15) is 13.2 Å². The van der Waals surface area contributed by atoms with Crippen molar-refractivity contribution in [2.45, 2.75) is 419 Å². The smallest absolute Gasteiger partial charge is 0.306 e. The Kier molecular flexibility index (Phi) is 66.0. The zero-order valence-electron chi connectivity index (χ0n) is 53.2. The van der Waals surface area contributed by atoms with Gasteiger partial charge in [0.25, 0.3) is 0 Å². The fraction of sp³-hybridized carbons (Fsp3) is 0.931. The Bertz CT molecular complexity index is 1210. The molecule has 0 saturated heterocycles. The standard InChI is InChI=1S/C72H138O6/c1-4-7-10-13-16-19-21-23-25-27-28-29-30-31-32-33-34-35-36-37-38-39-40-41-42-43-44-45-47-48-50-53-56-59-62-65-71(74)77-68-69(67-76-70(73)64-61-58-55-52-18-15-12-9-6-3)78-72(75)66-63-60-57-54-51-49-46-26-24-22-20-17-14-11-8-5-2/h27-28,69H,4-26,29-68H2,1-3H3/b28-27-. The fourth-order valence-corrected chi connectivity index (χ4v) is 11.2. The zero-order chi connectivity index (χ0) is 56.4. The predicted molar refractivity (Wildman–Crippen MR) is 340 cm³/mol. The highest BCUT2D eigenvalue weighted by Crippen LogP contribution is 2.19. The Hall–Kier alpha value is -1.85. The van der Waals surface area contributed by atoms with Gasteiger partial charge in [0.15, 0.2) is 6.10 Å². The summed E-state index contributed by atoms with van der Waals surface area (Å²) in [6.45, 7) is 6.70. The summed E-state index contributed by atoms with van der Waals surface area (Å²) in [5, 5.41) is 0. The number of carbonyl (C=O) groups is 3. The topological polar surface area (TPSA) is 78.9 Å². The monoisotopic (exact) mass is 1100 g/mol. The van der Waals surface area contributed by atoms with Crippen molar-refractivity contribution >= 4 is 17.9 Å². The Morgan fingerprint density at radius 3 is 0.641 bits per heavy atom. The normalized spacial score (nSPS) is 12.0. The molecule has 6 nitrogen and oxygen atoms in total. The highest BCUT2D eigenvalue weighted by molar-refractivity contribution is 5.71. The van der Waals surface area contributed by atoms with E-state index in [0.29, 0.717) is 19.3 Å². The van der Waals surface area contributed by atoms with Crippen LogP contribution < -0.4 is 0 Å². The molecule has 0 N–H and O–H groups in total. The summed E-state index contributed by atoms with van der Waals surface area (Å²) in [5.41, 5.74) is 0. The molecule has 0 aromatic rings. The minimum Gasteiger partial charge on any atom is -0.462 e. The second kappa shape index (κ2) is 67.7. The van der Waals surface area contributed by atoms with E-state index in [1.165, 1.54) is 315 Å². The molecular formula is C72H138O6. The van der Waals surface area contributed by atoms with E-state index in [4.69, 9.17) is 14.2 Å². The highest BCUT2D eigenvalue weighted by Gasteiger charge is 2.19. The van der Waals surface area contributed by atoms with Crippen molar-refractivity contribution in [3.8, 4) is 0 Å². The van der Waals surface area contributed by atoms with E-state index in [1.807, 2.05) is 0 Å². The molecule has 0 aromatic carbocycles. The summed E-state index contributed by atoms with van der Waals surface area (Å²) < 4.78 is 16.9. The molecule has 0 rings (SSSR count). The summed E-state index contributed by atoms with van der Waals surface area (Å²) in [6, 6.07) is 0. The second-order valence-corrected chi connectivity index (χ2v) is 24.5. The first-order chi connectivity index (χ1) is 38.5. The number of esters is 3. The van der Waals surface area contributed by atoms with E-state index in [-0.39, 0.29) is 31.1 Å². The van der Waals surface area contributed by atoms with Crippen molar-refractivity contribution < 1.29 is 28.6 Å². The van der Waals surface area contributed by atoms with Gasteiger partial charge in [-0.05, 0) is 44.9 Å². The summed E-state index contributed by atoms with van der Waals surface area (Å²) in [7, 11) is 0. The summed E-state index contributed by atoms with van der Waals surface area (Å²) in [4.78, 5) is 38.2. The van der Waals surface area contributed by atoms with Crippen molar-refractivity contribution in [1.82, 2.24) is 0 Å². The van der Waals surface area contributed by atoms with Crippen LogP contribution >= 0.6 is 0 Å². The van der Waals surface area contributed by atoms with Gasteiger partial charge in [0.2, 0.25) is 0 Å². The molecule has 0 bridgehead atoms. The molecular weight excluding hydrogens is 961 g/mol. The molecule has 0 aliphatic carbocycles. The van der Waals surface area contributed by atoms with E-state index in [2.05, 4.69) is 32.9 Å². The van der Waals surface area contributed by atoms with Gasteiger partial charge in [-0.25, -0.2) is 0 Å². The predicted octanol–water partition coefficient (Wildman–Crippen LogP) is 24.4. The van der Waals surface area contributed by atoms with Gasteiger partial charge in [-0.15, -0.1) is 0 Å². The molecule has 0 fully saturated rings. The maximum atomic E-state index is 12.9. The van der Waals surface area contributed by atoms with Crippen LogP contribution in [0.1, 0.15) is 412 Å². The van der Waals surface area contributed by atoms with Gasteiger partial charge in [-0.2, -0.15) is 0 Å². The van der Waals surface area contributed by atoms with Crippen molar-refractivity contribution in [3.63, 3.8) is 0 Å². The van der Waals surface area contributed by atoms with Gasteiger partial charge in [-0.1, -0.05) is 360 Å². The van der Waals surface area contributed by atoms with Crippen LogP contribution in [0.3, 0.4) is 0 Å². The minimum absolute atomic E-state index is 0.0621. The summed E-state index contributed by atoms with van der Waals surface area (Å²) in [6.07, 6.45) is 81.4. The number of hydrogen-bond acceptors (Lipinski definition) is 6. The van der Waals surface area contributed by atoms with Gasteiger partial charge >= 0.3 is 17.9 Å². The molecule has 0 spiro atoms. The van der Waals surface area contributed by atoms with Crippen molar-refractivity contribution in [2.75, 3.05) is 13.2 Å². The van der Waals surface area contributed by atoms with E-state index in [9.17, 15) is 14.4 Å². The van der Waals surface area contributed by atoms with Crippen LogP contribution in [0, 0.1) is 0 Å². The summed E-state index contributed by atoms with van der Waals surface area (Å²) in [5.74, 6) is -0.833. The van der Waals surface area contributed by atoms with Crippen LogP contribution in [0.15, 0.2) is 12.2 Å². The van der Waals surface area contributed by atoms with E-state index in [0.717, 1.165) is 57.8 Å². The molecule has 0 amide bonds. The van der Waals surface area contributed by atoms with Crippen molar-refractivity contribution in [1.29, 1.82) is 0 Å². The first kappa shape index (κ1) is 76.1. The van der Waals surface area contributed by atoms with Crippen LogP contribution in [0.5, 0.6) is 0 Å². The molecule has 6 heteroatoms. The third-order valence-corrected chi connectivity index (χ3v) is 16.5. The lowest BCUT2D eigenvalue weighted by Crippen LogP contribution is -2.30. The number of allylic oxidation sites excluding steroid dienone is 2. The van der Waals surface area contributed by atoms with Gasteiger partial charge in [-0.3, -0.25) is 14.4 Å². The molecule has 0 aliphatic rings. The Balaban J connectivity index is 3.94. The highest BCUT2D eigenvalue weighted by atomic mass is 16.6. The molecule has 0 saturated carbocycles. The maximum absolute atomic E-state index is 12.9. The molecule has 0 aliphatic heterocycles. The lowest BCUT2D eigenvalue weighted by Gasteiger charge is -2.18. The number of rotatable bonds is 67. The lowest BCUT2D eigenvalue weighted by atomic mass is 10.0. The molecule has 1 atom stereocenters. The largest absolute Gasteiger partial charge is 0.462 e. The molecule has 78 heavy (non-hydrogen) atoms. The average Bonchev–Trinajstić information content (AvgIpc) is 3.44. The van der Waals surface area contributed by atoms with Crippen LogP contribution in [0.25, 0.3) is 0 Å². The number of hydrogen-bond donors (Lipinski definition) is 0. The lowest BCUT2D eigenvalue weighted by molar-refractivity contribution is -0.167. The third-order valence-electron chi connectivity index (χ3n) is 16.5. The molecule has 1 unspecified atom stereocenters. The average molecular weight is 1100 g/mol. The van der Waals surface area contributed by atoms with Crippen molar-refractivity contribution in [3.05, 3.63) is 12.2 Å². The van der Waals surface area contributed by atoms with Gasteiger partial charge in [0, 0.05) is 19.3 Å². The Labute approximate surface area is 488 Å². The summed E-state index contributed by atoms with van der Waals surface area (Å²) >= 11 is 0. The molecule has 0 aromatic heterocycles. The number of unbranched alkanes of at least 4 members (excludes halogenated alkanes) is 54. The first-order valence-corrected chi connectivity index (χ1v) is 35.7. The minimum atomic E-state index is -0.763. The zero-order valence-corrected chi connectivity index (χ0v) is 53.2. The molecule has 0 radical (unpaired) electrons. The fourth-order valence-electron chi connectivity index (χ4n) is 11.2. The van der Waals surface area contributed by atoms with E-state index < -0.39 is 6.10 Å². The van der Waals surface area contributed by atoms with E-state index in [1.54, 1.807) is 0 Å². The van der Waals surface area contributed by atoms with Gasteiger partial charge in [0.05, 0.1) is 0 Å². The Morgan fingerprint density at radius 1 is 0.244 bits per heavy atom. The molecule has 462 valence electrons. The second-order valence-electron chi connectivity index (χ2n) is 24.5. The maximum Gasteiger partial charge on any atom is 0.306 e. The quantitative estimate of drug-likeness (QED) is 0.0261. The van der Waals surface area contributed by atoms with Crippen LogP contribution in [-0.4, -0.2) is 37.2 Å². The van der Waals surface area contributed by atoms with Crippen LogP contribution in [0.2, 0.25) is 0 Å². The number of ether oxygens (including phenoxy) is 3. The van der Waals surface area contributed by atoms with Gasteiger partial charge < -0.3 is 14.2 Å². The third kappa shape index (κ3) is 65.0. The number of carbonyl (C=O) groups excluding carboxylic acids is 3. The SMILES string of the molecule is CCCCCCCCCC/C=C\CCCCCCCCCCCCCCCCCCCCCCCCCC(=O)OCC(COC(=O)CCCCCCCCCCC)OC(=O)CCCCCCCCCCCCCCCCCC. The Morgan fingerprint density at radius 2 is 0.423 bits per heavy atom. The van der Waals surface area contributed by atoms with E-state index >= 15 is 0 Å². The van der Waals surface area contributed by atoms with Crippen molar-refractivity contribution in [2.24, 2.45) is 0 Å². The van der Waals surface area contributed by atoms with Crippen LogP contribution in [0.4, 0.5) is 0 Å². The first-order valence-electron chi connectivity index (χ1n) is 35.7. The molecule has 0 heterocycles.